The summed E-state index contributed by atoms with van der Waals surface area (Å²) in [5.41, 5.74) is -2.01. The highest BCUT2D eigenvalue weighted by atomic mass is 35.5. The second-order valence-electron chi connectivity index (χ2n) is 8.33. The first-order chi connectivity index (χ1) is 16.9. The first-order valence-corrected chi connectivity index (χ1v) is 11.2. The number of hydrogen-bond donors (Lipinski definition) is 1. The van der Waals surface area contributed by atoms with Gasteiger partial charge in [-0.25, -0.2) is 0 Å². The maximum Gasteiger partial charge on any atom is 0.416 e. The number of piperidine rings is 1. The van der Waals surface area contributed by atoms with Gasteiger partial charge in [0.15, 0.2) is 5.82 Å². The van der Waals surface area contributed by atoms with Crippen molar-refractivity contribution in [3.63, 3.8) is 0 Å². The van der Waals surface area contributed by atoms with E-state index in [0.717, 1.165) is 5.56 Å². The van der Waals surface area contributed by atoms with Crippen LogP contribution in [0.2, 0.25) is 5.02 Å². The number of nitrogens with one attached hydrogen (secondary N) is 1. The normalized spacial score (nSPS) is 15.1. The van der Waals surface area contributed by atoms with E-state index in [4.69, 9.17) is 11.6 Å². The Bertz CT molecular complexity index is 1190. The molecule has 3 aromatic rings. The topological polar surface area (TPSA) is 58.1 Å². The Hall–Kier alpha value is -3.34. The Morgan fingerprint density at radius 1 is 0.861 bits per heavy atom. The minimum absolute atomic E-state index is 0.0212. The zero-order valence-electron chi connectivity index (χ0n) is 18.5. The molecular formula is C24H19ClF6N4O. The van der Waals surface area contributed by atoms with Gasteiger partial charge < -0.3 is 10.2 Å². The molecule has 12 heteroatoms. The molecule has 4 rings (SSSR count). The lowest BCUT2D eigenvalue weighted by Gasteiger charge is -2.32. The van der Waals surface area contributed by atoms with Crippen LogP contribution in [-0.4, -0.2) is 29.2 Å². The van der Waals surface area contributed by atoms with E-state index in [2.05, 4.69) is 15.5 Å². The standard InChI is InChI=1S/C24H19ClF6N4O/c25-18-3-1-14(2-4-18)20-5-6-21(34-33-20)35-9-7-15(8-10-35)22(36)32-19-12-16(23(26,27)28)11-17(13-19)24(29,30)31/h1-6,11-13,15H,7-10H2,(H,32,36). The number of anilines is 2. The Morgan fingerprint density at radius 3 is 1.94 bits per heavy atom. The highest BCUT2D eigenvalue weighted by molar-refractivity contribution is 6.30. The molecule has 1 amide bonds. The van der Waals surface area contributed by atoms with Gasteiger partial charge in [-0.1, -0.05) is 23.7 Å². The molecule has 2 heterocycles. The van der Waals surface area contributed by atoms with Gasteiger partial charge in [0.05, 0.1) is 16.8 Å². The highest BCUT2D eigenvalue weighted by Gasteiger charge is 2.37. The summed E-state index contributed by atoms with van der Waals surface area (Å²) in [6, 6.07) is 11.7. The minimum Gasteiger partial charge on any atom is -0.355 e. The number of nitrogens with zero attached hydrogens (tertiary/aromatic N) is 3. The number of halogens is 7. The number of carbonyl (C=O) groups is 1. The minimum atomic E-state index is -4.99. The zero-order chi connectivity index (χ0) is 26.1. The van der Waals surface area contributed by atoms with Gasteiger partial charge in [0.2, 0.25) is 5.91 Å². The van der Waals surface area contributed by atoms with Crippen molar-refractivity contribution >= 4 is 29.0 Å². The lowest BCUT2D eigenvalue weighted by Crippen LogP contribution is -2.38. The number of amides is 1. The van der Waals surface area contributed by atoms with Gasteiger partial charge in [-0.05, 0) is 55.3 Å². The van der Waals surface area contributed by atoms with Crippen LogP contribution in [0, 0.1) is 5.92 Å². The van der Waals surface area contributed by atoms with Crippen LogP contribution in [-0.2, 0) is 17.1 Å². The van der Waals surface area contributed by atoms with Gasteiger partial charge in [0.25, 0.3) is 0 Å². The molecule has 0 unspecified atom stereocenters. The number of aromatic nitrogens is 2. The van der Waals surface area contributed by atoms with E-state index < -0.39 is 41.0 Å². The van der Waals surface area contributed by atoms with Crippen LogP contribution in [0.5, 0.6) is 0 Å². The average Bonchev–Trinajstić information content (AvgIpc) is 2.83. The molecule has 1 aliphatic heterocycles. The first-order valence-electron chi connectivity index (χ1n) is 10.8. The van der Waals surface area contributed by atoms with Crippen LogP contribution in [0.25, 0.3) is 11.3 Å². The molecule has 0 spiro atoms. The molecule has 0 aliphatic carbocycles. The summed E-state index contributed by atoms with van der Waals surface area (Å²) in [6.45, 7) is 0.840. The molecule has 2 aromatic carbocycles. The summed E-state index contributed by atoms with van der Waals surface area (Å²) in [4.78, 5) is 14.5. The van der Waals surface area contributed by atoms with Crippen LogP contribution in [0.1, 0.15) is 24.0 Å². The predicted molar refractivity (Wildman–Crippen MR) is 122 cm³/mol. The van der Waals surface area contributed by atoms with Crippen LogP contribution in [0.4, 0.5) is 37.8 Å². The van der Waals surface area contributed by atoms with E-state index in [-0.39, 0.29) is 6.07 Å². The molecule has 1 saturated heterocycles. The number of benzene rings is 2. The van der Waals surface area contributed by atoms with E-state index >= 15 is 0 Å². The fourth-order valence-electron chi connectivity index (χ4n) is 3.91. The molecule has 0 saturated carbocycles. The number of carbonyl (C=O) groups excluding carboxylic acids is 1. The Balaban J connectivity index is 1.39. The van der Waals surface area contributed by atoms with Crippen LogP contribution in [0.15, 0.2) is 54.6 Å². The molecule has 1 N–H and O–H groups in total. The van der Waals surface area contributed by atoms with Crippen molar-refractivity contribution < 1.29 is 31.1 Å². The molecule has 190 valence electrons. The average molecular weight is 529 g/mol. The van der Waals surface area contributed by atoms with Gasteiger partial charge in [0, 0.05) is 35.3 Å². The Morgan fingerprint density at radius 2 is 1.44 bits per heavy atom. The Kier molecular flexibility index (Phi) is 7.12. The van der Waals surface area contributed by atoms with Crippen molar-refractivity contribution in [2.75, 3.05) is 23.3 Å². The molecule has 1 fully saturated rings. The SMILES string of the molecule is O=C(Nc1cc(C(F)(F)F)cc(C(F)(F)F)c1)C1CCN(c2ccc(-c3ccc(Cl)cc3)nn2)CC1. The molecule has 5 nitrogen and oxygen atoms in total. The third-order valence-corrected chi connectivity index (χ3v) is 6.09. The summed E-state index contributed by atoms with van der Waals surface area (Å²) < 4.78 is 78.4. The van der Waals surface area contributed by atoms with Crippen molar-refractivity contribution in [3.8, 4) is 11.3 Å². The molecule has 36 heavy (non-hydrogen) atoms. The summed E-state index contributed by atoms with van der Waals surface area (Å²) in [5, 5.41) is 11.3. The number of rotatable bonds is 4. The summed E-state index contributed by atoms with van der Waals surface area (Å²) in [6.07, 6.45) is -9.29. The van der Waals surface area contributed by atoms with Crippen molar-refractivity contribution in [1.29, 1.82) is 0 Å². The molecule has 0 radical (unpaired) electrons. The van der Waals surface area contributed by atoms with Gasteiger partial charge in [-0.2, -0.15) is 26.3 Å². The van der Waals surface area contributed by atoms with Crippen LogP contribution >= 0.6 is 11.6 Å². The molecular weight excluding hydrogens is 510 g/mol. The van der Waals surface area contributed by atoms with Crippen LogP contribution < -0.4 is 10.2 Å². The number of alkyl halides is 6. The second-order valence-corrected chi connectivity index (χ2v) is 8.77. The third-order valence-electron chi connectivity index (χ3n) is 5.84. The predicted octanol–water partition coefficient (Wildman–Crippen LogP) is 6.69. The maximum absolute atomic E-state index is 13.1. The van der Waals surface area contributed by atoms with E-state index in [9.17, 15) is 31.1 Å². The van der Waals surface area contributed by atoms with Crippen LogP contribution in [0.3, 0.4) is 0 Å². The second kappa shape index (κ2) is 9.96. The van der Waals surface area contributed by atoms with Crippen molar-refractivity contribution in [1.82, 2.24) is 10.2 Å². The quantitative estimate of drug-likeness (QED) is 0.383. The molecule has 1 aromatic heterocycles. The van der Waals surface area contributed by atoms with Gasteiger partial charge in [-0.3, -0.25) is 4.79 Å². The van der Waals surface area contributed by atoms with E-state index in [1.165, 1.54) is 0 Å². The summed E-state index contributed by atoms with van der Waals surface area (Å²) >= 11 is 5.89. The van der Waals surface area contributed by atoms with E-state index in [0.29, 0.717) is 54.6 Å². The maximum atomic E-state index is 13.1. The zero-order valence-corrected chi connectivity index (χ0v) is 19.3. The molecule has 0 atom stereocenters. The fourth-order valence-corrected chi connectivity index (χ4v) is 4.04. The van der Waals surface area contributed by atoms with E-state index in [1.807, 2.05) is 17.0 Å². The van der Waals surface area contributed by atoms with Crippen molar-refractivity contribution in [3.05, 3.63) is 70.7 Å². The smallest absolute Gasteiger partial charge is 0.355 e. The third kappa shape index (κ3) is 6.07. The van der Waals surface area contributed by atoms with Gasteiger partial charge >= 0.3 is 12.4 Å². The highest BCUT2D eigenvalue weighted by Crippen LogP contribution is 2.38. The Labute approximate surface area is 207 Å². The fraction of sp³-hybridized carbons (Fsp3) is 0.292. The van der Waals surface area contributed by atoms with Crippen molar-refractivity contribution in [2.45, 2.75) is 25.2 Å². The molecule has 1 aliphatic rings. The first kappa shape index (κ1) is 25.7. The van der Waals surface area contributed by atoms with Gasteiger partial charge in [0.1, 0.15) is 0 Å². The molecule has 0 bridgehead atoms. The monoisotopic (exact) mass is 528 g/mol. The summed E-state index contributed by atoms with van der Waals surface area (Å²) in [7, 11) is 0. The summed E-state index contributed by atoms with van der Waals surface area (Å²) in [5.74, 6) is -0.614. The number of hydrogen-bond acceptors (Lipinski definition) is 4. The lowest BCUT2D eigenvalue weighted by atomic mass is 9.95. The van der Waals surface area contributed by atoms with Gasteiger partial charge in [-0.15, -0.1) is 10.2 Å². The lowest BCUT2D eigenvalue weighted by molar-refractivity contribution is -0.143. The van der Waals surface area contributed by atoms with E-state index in [1.54, 1.807) is 24.3 Å². The van der Waals surface area contributed by atoms with Crippen molar-refractivity contribution in [2.24, 2.45) is 5.92 Å². The largest absolute Gasteiger partial charge is 0.416 e.